The van der Waals surface area contributed by atoms with Gasteiger partial charge in [-0.2, -0.15) is 5.26 Å². The summed E-state index contributed by atoms with van der Waals surface area (Å²) in [5.74, 6) is 3.83. The minimum Gasteiger partial charge on any atom is -0.301 e. The molecule has 0 radical (unpaired) electrons. The highest BCUT2D eigenvalue weighted by molar-refractivity contribution is 4.91. The van der Waals surface area contributed by atoms with Crippen LogP contribution in [0.5, 0.6) is 0 Å². The third kappa shape index (κ3) is 3.79. The molecule has 118 valence electrons. The maximum absolute atomic E-state index is 9.02. The highest BCUT2D eigenvalue weighted by Crippen LogP contribution is 2.41. The van der Waals surface area contributed by atoms with Crippen LogP contribution < -0.4 is 10.6 Å². The minimum atomic E-state index is 0.357. The molecular weight excluding hydrogens is 258 g/mol. The van der Waals surface area contributed by atoms with Gasteiger partial charge in [0.15, 0.2) is 0 Å². The molecule has 2 saturated carbocycles. The molecule has 3 heteroatoms. The van der Waals surface area contributed by atoms with Gasteiger partial charge in [-0.1, -0.05) is 6.92 Å². The summed E-state index contributed by atoms with van der Waals surface area (Å²) in [5.41, 5.74) is 0. The quantitative estimate of drug-likeness (QED) is 0.820. The molecule has 0 atom stereocenters. The normalized spacial score (nSPS) is 45.0. The highest BCUT2D eigenvalue weighted by atomic mass is 15.2. The molecule has 3 aliphatic rings. The summed E-state index contributed by atoms with van der Waals surface area (Å²) in [6, 6.07) is 2.46. The molecule has 3 nitrogen and oxygen atoms in total. The van der Waals surface area contributed by atoms with Gasteiger partial charge in [-0.15, -0.1) is 0 Å². The van der Waals surface area contributed by atoms with Gasteiger partial charge in [0.05, 0.1) is 12.2 Å². The summed E-state index contributed by atoms with van der Waals surface area (Å²) in [6.07, 6.45) is 11.1. The number of nitrogens with one attached hydrogen (secondary N) is 2. The van der Waals surface area contributed by atoms with Crippen LogP contribution in [0.25, 0.3) is 0 Å². The molecular formula is C18H31N3. The minimum absolute atomic E-state index is 0.357. The second-order valence-corrected chi connectivity index (χ2v) is 7.82. The Balaban J connectivity index is 1.42. The standard InChI is InChI=1S/C18H31N3/c1-13-11-20-18(21-12-13)17-8-6-16(7-9-17)15-4-2-14(10-19)3-5-15/h13-18,20-21H,2-9,11-12H2,1H3. The van der Waals surface area contributed by atoms with E-state index in [1.165, 1.54) is 51.6 Å². The van der Waals surface area contributed by atoms with Crippen LogP contribution in [0, 0.1) is 40.9 Å². The number of hydrogen-bond donors (Lipinski definition) is 2. The molecule has 0 amide bonds. The monoisotopic (exact) mass is 289 g/mol. The van der Waals surface area contributed by atoms with Gasteiger partial charge in [-0.05, 0) is 75.0 Å². The number of rotatable bonds is 2. The molecule has 0 aromatic rings. The van der Waals surface area contributed by atoms with Crippen LogP contribution in [0.1, 0.15) is 58.3 Å². The first-order chi connectivity index (χ1) is 10.3. The van der Waals surface area contributed by atoms with E-state index in [-0.39, 0.29) is 0 Å². The van der Waals surface area contributed by atoms with Crippen LogP contribution >= 0.6 is 0 Å². The molecule has 0 aromatic heterocycles. The fourth-order valence-corrected chi connectivity index (χ4v) is 4.80. The predicted octanol–water partition coefficient (Wildman–Crippen LogP) is 3.28. The van der Waals surface area contributed by atoms with Crippen molar-refractivity contribution in [2.24, 2.45) is 29.6 Å². The van der Waals surface area contributed by atoms with Crippen LogP contribution in [0.3, 0.4) is 0 Å². The Morgan fingerprint density at radius 2 is 1.24 bits per heavy atom. The van der Waals surface area contributed by atoms with Crippen LogP contribution in [-0.4, -0.2) is 19.3 Å². The third-order valence-corrected chi connectivity index (χ3v) is 6.28. The smallest absolute Gasteiger partial charge is 0.0655 e. The summed E-state index contributed by atoms with van der Waals surface area (Å²) in [4.78, 5) is 0. The first-order valence-electron chi connectivity index (χ1n) is 9.12. The SMILES string of the molecule is CC1CNC(C2CCC(C3CCC(C#N)CC3)CC2)NC1. The Labute approximate surface area is 129 Å². The van der Waals surface area contributed by atoms with Gasteiger partial charge in [0.1, 0.15) is 0 Å². The summed E-state index contributed by atoms with van der Waals surface area (Å²) in [5, 5.41) is 16.4. The molecule has 2 N–H and O–H groups in total. The van der Waals surface area contributed by atoms with Crippen molar-refractivity contribution in [1.82, 2.24) is 10.6 Å². The lowest BCUT2D eigenvalue weighted by atomic mass is 9.69. The van der Waals surface area contributed by atoms with E-state index in [0.717, 1.165) is 36.5 Å². The van der Waals surface area contributed by atoms with E-state index in [1.807, 2.05) is 0 Å². The molecule has 0 unspecified atom stereocenters. The Kier molecular flexibility index (Phi) is 5.19. The van der Waals surface area contributed by atoms with Gasteiger partial charge in [-0.25, -0.2) is 0 Å². The molecule has 0 spiro atoms. The average Bonchev–Trinajstić information content (AvgIpc) is 2.56. The molecule has 0 bridgehead atoms. The second kappa shape index (κ2) is 7.11. The van der Waals surface area contributed by atoms with E-state index in [1.54, 1.807) is 0 Å². The zero-order valence-corrected chi connectivity index (χ0v) is 13.5. The highest BCUT2D eigenvalue weighted by Gasteiger charge is 2.34. The van der Waals surface area contributed by atoms with Crippen molar-refractivity contribution in [3.8, 4) is 6.07 Å². The van der Waals surface area contributed by atoms with E-state index in [9.17, 15) is 0 Å². The Hall–Kier alpha value is -0.590. The topological polar surface area (TPSA) is 47.9 Å². The van der Waals surface area contributed by atoms with Crippen molar-refractivity contribution in [3.63, 3.8) is 0 Å². The van der Waals surface area contributed by atoms with Crippen molar-refractivity contribution in [2.75, 3.05) is 13.1 Å². The number of hydrogen-bond acceptors (Lipinski definition) is 3. The fraction of sp³-hybridized carbons (Fsp3) is 0.944. The largest absolute Gasteiger partial charge is 0.301 e. The van der Waals surface area contributed by atoms with Crippen molar-refractivity contribution in [2.45, 2.75) is 64.5 Å². The molecule has 1 saturated heterocycles. The van der Waals surface area contributed by atoms with Gasteiger partial charge < -0.3 is 10.6 Å². The Morgan fingerprint density at radius 3 is 1.76 bits per heavy atom. The molecule has 0 aromatic carbocycles. The van der Waals surface area contributed by atoms with E-state index < -0.39 is 0 Å². The van der Waals surface area contributed by atoms with Crippen molar-refractivity contribution < 1.29 is 0 Å². The van der Waals surface area contributed by atoms with Gasteiger partial charge in [0.25, 0.3) is 0 Å². The van der Waals surface area contributed by atoms with Crippen molar-refractivity contribution in [1.29, 1.82) is 5.26 Å². The molecule has 1 aliphatic heterocycles. The van der Waals surface area contributed by atoms with Crippen LogP contribution in [0.2, 0.25) is 0 Å². The molecule has 1 heterocycles. The van der Waals surface area contributed by atoms with Gasteiger partial charge in [0, 0.05) is 19.0 Å². The summed E-state index contributed by atoms with van der Waals surface area (Å²) >= 11 is 0. The Bertz CT molecular complexity index is 351. The van der Waals surface area contributed by atoms with Gasteiger partial charge in [0.2, 0.25) is 0 Å². The predicted molar refractivity (Wildman–Crippen MR) is 85.5 cm³/mol. The van der Waals surface area contributed by atoms with Crippen molar-refractivity contribution in [3.05, 3.63) is 0 Å². The lowest BCUT2D eigenvalue weighted by Crippen LogP contribution is -2.56. The average molecular weight is 289 g/mol. The maximum atomic E-state index is 9.02. The third-order valence-electron chi connectivity index (χ3n) is 6.28. The maximum Gasteiger partial charge on any atom is 0.0655 e. The van der Waals surface area contributed by atoms with E-state index >= 15 is 0 Å². The van der Waals surface area contributed by atoms with Gasteiger partial charge in [-0.3, -0.25) is 0 Å². The molecule has 3 fully saturated rings. The zero-order valence-electron chi connectivity index (χ0n) is 13.5. The van der Waals surface area contributed by atoms with Crippen LogP contribution in [-0.2, 0) is 0 Å². The molecule has 3 rings (SSSR count). The van der Waals surface area contributed by atoms with Crippen LogP contribution in [0.4, 0.5) is 0 Å². The van der Waals surface area contributed by atoms with E-state index in [2.05, 4.69) is 23.6 Å². The van der Waals surface area contributed by atoms with E-state index in [4.69, 9.17) is 5.26 Å². The van der Waals surface area contributed by atoms with Crippen molar-refractivity contribution >= 4 is 0 Å². The summed E-state index contributed by atoms with van der Waals surface area (Å²) < 4.78 is 0. The Morgan fingerprint density at radius 1 is 0.762 bits per heavy atom. The molecule has 2 aliphatic carbocycles. The zero-order chi connectivity index (χ0) is 14.7. The first-order valence-corrected chi connectivity index (χ1v) is 9.12. The molecule has 21 heavy (non-hydrogen) atoms. The second-order valence-electron chi connectivity index (χ2n) is 7.82. The van der Waals surface area contributed by atoms with E-state index in [0.29, 0.717) is 12.1 Å². The van der Waals surface area contributed by atoms with Crippen LogP contribution in [0.15, 0.2) is 0 Å². The fourth-order valence-electron chi connectivity index (χ4n) is 4.80. The first kappa shape index (κ1) is 15.3. The van der Waals surface area contributed by atoms with Gasteiger partial charge >= 0.3 is 0 Å². The number of nitrogens with zero attached hydrogens (tertiary/aromatic N) is 1. The summed E-state index contributed by atoms with van der Waals surface area (Å²) in [6.45, 7) is 4.66. The lowest BCUT2D eigenvalue weighted by molar-refractivity contribution is 0.122. The lowest BCUT2D eigenvalue weighted by Gasteiger charge is -2.41. The number of nitriles is 1. The summed E-state index contributed by atoms with van der Waals surface area (Å²) in [7, 11) is 0.